The number of anilines is 1. The highest BCUT2D eigenvalue weighted by Crippen LogP contribution is 2.45. The molecule has 0 fully saturated rings. The maximum atomic E-state index is 12.2. The molecule has 1 heterocycles. The average molecular weight is 551 g/mol. The van der Waals surface area contributed by atoms with Crippen LogP contribution in [-0.4, -0.2) is 42.1 Å². The highest BCUT2D eigenvalue weighted by molar-refractivity contribution is 7.97. The van der Waals surface area contributed by atoms with Gasteiger partial charge in [0.05, 0.1) is 16.6 Å². The molecular formula is C21H14N2O10S3. The number of rotatable bonds is 5. The van der Waals surface area contributed by atoms with E-state index in [0.717, 1.165) is 18.2 Å². The van der Waals surface area contributed by atoms with E-state index in [-0.39, 0.29) is 27.6 Å². The van der Waals surface area contributed by atoms with Gasteiger partial charge in [-0.3, -0.25) is 19.3 Å². The van der Waals surface area contributed by atoms with Crippen LogP contribution < -0.4 is 11.1 Å². The lowest BCUT2D eigenvalue weighted by atomic mass is 9.90. The molecular weight excluding hydrogens is 536 g/mol. The van der Waals surface area contributed by atoms with E-state index in [9.17, 15) is 40.6 Å². The van der Waals surface area contributed by atoms with Gasteiger partial charge in [0, 0.05) is 22.1 Å². The number of nitrogens with two attached hydrogens (primary N) is 1. The van der Waals surface area contributed by atoms with Crippen LogP contribution in [0.15, 0.2) is 56.7 Å². The molecule has 0 atom stereocenters. The van der Waals surface area contributed by atoms with E-state index in [0.29, 0.717) is 0 Å². The number of nitrogens with one attached hydrogen (secondary N) is 1. The van der Waals surface area contributed by atoms with Gasteiger partial charge in [-0.25, -0.2) is 4.79 Å². The smallest absolute Gasteiger partial charge is 0.336 e. The molecule has 6 N–H and O–H groups in total. The standard InChI is InChI=1S/C21H14N2O10S3/c22-13-5-3-10-15(9-2-1-8(21(26)34)7-12(9)20(24)25)11-4-6-14(23)19(36(30,31)32)17(11)33-16(10)18(13)35(27,28)29/h1-7,22H,23H2,(H,24,25)(H,26,34)(H,27,28,29)(H,30,31,32). The molecule has 186 valence electrons. The van der Waals surface area contributed by atoms with Crippen molar-refractivity contribution in [1.82, 2.24) is 0 Å². The predicted octanol–water partition coefficient (Wildman–Crippen LogP) is 2.53. The van der Waals surface area contributed by atoms with Crippen molar-refractivity contribution in [3.63, 3.8) is 0 Å². The molecule has 2 aromatic carbocycles. The van der Waals surface area contributed by atoms with E-state index >= 15 is 0 Å². The molecule has 15 heteroatoms. The largest absolute Gasteiger partial charge is 0.478 e. The van der Waals surface area contributed by atoms with Crippen molar-refractivity contribution in [2.75, 3.05) is 5.73 Å². The molecule has 36 heavy (non-hydrogen) atoms. The third-order valence-corrected chi connectivity index (χ3v) is 7.40. The highest BCUT2D eigenvalue weighted by Gasteiger charge is 2.31. The van der Waals surface area contributed by atoms with Gasteiger partial charge in [-0.15, -0.1) is 12.6 Å². The Morgan fingerprint density at radius 1 is 0.917 bits per heavy atom. The van der Waals surface area contributed by atoms with Crippen molar-refractivity contribution in [2.45, 2.75) is 9.79 Å². The molecule has 0 saturated heterocycles. The lowest BCUT2D eigenvalue weighted by Gasteiger charge is -2.20. The first-order chi connectivity index (χ1) is 16.6. The second-order valence-electron chi connectivity index (χ2n) is 7.48. The number of carbonyl (C=O) groups excluding carboxylic acids is 1. The van der Waals surface area contributed by atoms with Crippen molar-refractivity contribution in [2.24, 2.45) is 0 Å². The van der Waals surface area contributed by atoms with E-state index in [4.69, 9.17) is 15.6 Å². The van der Waals surface area contributed by atoms with Crippen molar-refractivity contribution in [3.8, 4) is 22.5 Å². The second kappa shape index (κ2) is 8.42. The Labute approximate surface area is 207 Å². The minimum atomic E-state index is -5.13. The Kier molecular flexibility index (Phi) is 5.93. The summed E-state index contributed by atoms with van der Waals surface area (Å²) in [6.45, 7) is 0. The topological polar surface area (TPSA) is 226 Å². The molecule has 1 aliphatic carbocycles. The van der Waals surface area contributed by atoms with E-state index in [2.05, 4.69) is 12.6 Å². The third kappa shape index (κ3) is 4.12. The number of fused-ring (bicyclic) bond motifs is 2. The Morgan fingerprint density at radius 2 is 1.53 bits per heavy atom. The number of benzene rings is 3. The number of hydrogen-bond acceptors (Lipinski definition) is 9. The minimum absolute atomic E-state index is 0.0800. The van der Waals surface area contributed by atoms with Gasteiger partial charge in [0.1, 0.15) is 0 Å². The molecule has 1 aliphatic heterocycles. The highest BCUT2D eigenvalue weighted by atomic mass is 32.2. The molecule has 12 nitrogen and oxygen atoms in total. The first-order valence-electron chi connectivity index (χ1n) is 9.55. The van der Waals surface area contributed by atoms with E-state index in [1.54, 1.807) is 0 Å². The number of thiol groups is 1. The fourth-order valence-corrected chi connectivity index (χ4v) is 5.49. The van der Waals surface area contributed by atoms with Crippen molar-refractivity contribution in [3.05, 3.63) is 58.9 Å². The van der Waals surface area contributed by atoms with E-state index in [1.807, 2.05) is 0 Å². The van der Waals surface area contributed by atoms with Gasteiger partial charge >= 0.3 is 5.97 Å². The van der Waals surface area contributed by atoms with Gasteiger partial charge in [0.15, 0.2) is 21.1 Å². The van der Waals surface area contributed by atoms with Crippen LogP contribution in [0.4, 0.5) is 5.69 Å². The number of nitrogen functional groups attached to an aromatic ring is 1. The molecule has 0 bridgehead atoms. The Balaban J connectivity index is 2.37. The van der Waals surface area contributed by atoms with E-state index in [1.165, 1.54) is 24.3 Å². The molecule has 0 unspecified atom stereocenters. The molecule has 2 aliphatic rings. The zero-order valence-electron chi connectivity index (χ0n) is 17.6. The normalized spacial score (nSPS) is 12.2. The van der Waals surface area contributed by atoms with Crippen LogP contribution in [0.5, 0.6) is 0 Å². The van der Waals surface area contributed by atoms with Gasteiger partial charge in [0.25, 0.3) is 20.2 Å². The number of carbonyl (C=O) groups is 2. The predicted molar refractivity (Wildman–Crippen MR) is 128 cm³/mol. The molecule has 0 spiro atoms. The molecule has 2 aromatic rings. The average Bonchev–Trinajstić information content (AvgIpc) is 2.74. The van der Waals surface area contributed by atoms with Crippen LogP contribution in [-0.2, 0) is 20.2 Å². The second-order valence-corrected chi connectivity index (χ2v) is 10.6. The number of hydrogen-bond donors (Lipinski definition) is 6. The Hall–Kier alpha value is -3.76. The van der Waals surface area contributed by atoms with Crippen LogP contribution in [0.1, 0.15) is 20.7 Å². The van der Waals surface area contributed by atoms with Crippen molar-refractivity contribution >= 4 is 60.6 Å². The quantitative estimate of drug-likeness (QED) is 0.0915. The summed E-state index contributed by atoms with van der Waals surface area (Å²) >= 11 is 3.68. The molecule has 0 radical (unpaired) electrons. The van der Waals surface area contributed by atoms with Crippen LogP contribution in [0.2, 0.25) is 0 Å². The molecule has 0 amide bonds. The van der Waals surface area contributed by atoms with Gasteiger partial charge < -0.3 is 15.3 Å². The third-order valence-electron chi connectivity index (χ3n) is 5.28. The summed E-state index contributed by atoms with van der Waals surface area (Å²) in [5.74, 6) is -2.20. The van der Waals surface area contributed by atoms with Gasteiger partial charge in [-0.2, -0.15) is 16.8 Å². The first kappa shape index (κ1) is 25.3. The van der Waals surface area contributed by atoms with E-state index < -0.39 is 69.1 Å². The lowest BCUT2D eigenvalue weighted by Crippen LogP contribution is -2.16. The summed E-state index contributed by atoms with van der Waals surface area (Å²) in [6, 6.07) is 8.03. The summed E-state index contributed by atoms with van der Waals surface area (Å²) in [7, 11) is -10.2. The maximum absolute atomic E-state index is 12.2. The molecule has 0 saturated carbocycles. The Morgan fingerprint density at radius 3 is 2.08 bits per heavy atom. The molecule has 4 rings (SSSR count). The zero-order valence-corrected chi connectivity index (χ0v) is 20.1. The summed E-state index contributed by atoms with van der Waals surface area (Å²) in [4.78, 5) is 21.8. The number of carboxylic acid groups (broad SMARTS) is 1. The summed E-state index contributed by atoms with van der Waals surface area (Å²) in [5.41, 5.74) is 3.72. The SMILES string of the molecule is N=c1ccc2c(-c3ccc(C(=O)S)cc3C(=O)O)c3ccc(N)c(S(=O)(=O)O)c3oc-2c1S(=O)(=O)O. The Bertz CT molecular complexity index is 1880. The fraction of sp³-hybridized carbons (Fsp3) is 0. The van der Waals surface area contributed by atoms with Crippen LogP contribution in [0.25, 0.3) is 33.4 Å². The fourth-order valence-electron chi connectivity index (χ4n) is 3.87. The van der Waals surface area contributed by atoms with Gasteiger partial charge in [0.2, 0.25) is 5.12 Å². The molecule has 0 aromatic heterocycles. The zero-order chi connectivity index (χ0) is 26.7. The number of carboxylic acids is 1. The van der Waals surface area contributed by atoms with Crippen LogP contribution >= 0.6 is 12.6 Å². The lowest BCUT2D eigenvalue weighted by molar-refractivity contribution is 0.0697. The van der Waals surface area contributed by atoms with Crippen molar-refractivity contribution < 1.29 is 45.1 Å². The van der Waals surface area contributed by atoms with Crippen LogP contribution in [0, 0.1) is 5.41 Å². The van der Waals surface area contributed by atoms with Gasteiger partial charge in [-0.1, -0.05) is 6.07 Å². The maximum Gasteiger partial charge on any atom is 0.336 e. The minimum Gasteiger partial charge on any atom is -0.478 e. The summed E-state index contributed by atoms with van der Waals surface area (Å²) in [6.07, 6.45) is 0. The number of aromatic carboxylic acids is 1. The summed E-state index contributed by atoms with van der Waals surface area (Å²) < 4.78 is 73.8. The summed E-state index contributed by atoms with van der Waals surface area (Å²) in [5, 5.41) is 16.2. The monoisotopic (exact) mass is 550 g/mol. The van der Waals surface area contributed by atoms with Crippen LogP contribution in [0.3, 0.4) is 0 Å². The van der Waals surface area contributed by atoms with Gasteiger partial charge in [-0.05, 0) is 42.0 Å². The van der Waals surface area contributed by atoms with Crippen molar-refractivity contribution in [1.29, 1.82) is 5.41 Å². The first-order valence-corrected chi connectivity index (χ1v) is 12.9.